The summed E-state index contributed by atoms with van der Waals surface area (Å²) in [6.45, 7) is -2.91. The van der Waals surface area contributed by atoms with E-state index in [9.17, 15) is 8.78 Å². The molecule has 0 saturated carbocycles. The van der Waals surface area contributed by atoms with Gasteiger partial charge in [0.1, 0.15) is 5.75 Å². The van der Waals surface area contributed by atoms with Gasteiger partial charge in [0.15, 0.2) is 0 Å². The highest BCUT2D eigenvalue weighted by Crippen LogP contribution is 2.26. The maximum absolute atomic E-state index is 11.9. The van der Waals surface area contributed by atoms with Crippen molar-refractivity contribution in [2.75, 3.05) is 0 Å². The molecule has 0 atom stereocenters. The van der Waals surface area contributed by atoms with Crippen LogP contribution in [-0.2, 0) is 0 Å². The van der Waals surface area contributed by atoms with Crippen molar-refractivity contribution >= 4 is 22.1 Å². The summed E-state index contributed by atoms with van der Waals surface area (Å²) >= 11 is 3.11. The van der Waals surface area contributed by atoms with Crippen LogP contribution < -0.4 is 4.74 Å². The molecule has 0 heterocycles. The zero-order valence-corrected chi connectivity index (χ0v) is 8.41. The normalized spacial score (nSPS) is 11.1. The molecule has 6 heteroatoms. The highest BCUT2D eigenvalue weighted by molar-refractivity contribution is 9.10. The van der Waals surface area contributed by atoms with Crippen molar-refractivity contribution in [3.05, 3.63) is 28.2 Å². The van der Waals surface area contributed by atoms with E-state index in [0.29, 0.717) is 4.47 Å². The first-order valence-corrected chi connectivity index (χ1v) is 4.35. The second kappa shape index (κ2) is 4.90. The molecule has 0 radical (unpaired) electrons. The highest BCUT2D eigenvalue weighted by Gasteiger charge is 2.10. The van der Waals surface area contributed by atoms with Gasteiger partial charge in [-0.15, -0.1) is 0 Å². The minimum absolute atomic E-state index is 0.0489. The third-order valence-electron chi connectivity index (χ3n) is 1.42. The van der Waals surface area contributed by atoms with Crippen LogP contribution in [0.15, 0.2) is 27.8 Å². The molecule has 1 rings (SSSR count). The Morgan fingerprint density at radius 2 is 2.21 bits per heavy atom. The van der Waals surface area contributed by atoms with Gasteiger partial charge in [-0.05, 0) is 28.1 Å². The number of rotatable bonds is 3. The molecular formula is C8H6BrF2NO2. The lowest BCUT2D eigenvalue weighted by Crippen LogP contribution is -2.04. The molecule has 3 nitrogen and oxygen atoms in total. The van der Waals surface area contributed by atoms with E-state index in [1.54, 1.807) is 6.07 Å². The Balaban J connectivity index is 3.07. The third kappa shape index (κ3) is 2.66. The number of hydrogen-bond acceptors (Lipinski definition) is 3. The van der Waals surface area contributed by atoms with Gasteiger partial charge >= 0.3 is 6.61 Å². The Bertz CT molecular complexity index is 344. The van der Waals surface area contributed by atoms with E-state index in [4.69, 9.17) is 5.21 Å². The first-order valence-electron chi connectivity index (χ1n) is 3.56. The molecule has 14 heavy (non-hydrogen) atoms. The third-order valence-corrected chi connectivity index (χ3v) is 2.11. The number of hydrogen-bond donors (Lipinski definition) is 1. The van der Waals surface area contributed by atoms with Crippen molar-refractivity contribution in [2.45, 2.75) is 6.61 Å². The predicted molar refractivity (Wildman–Crippen MR) is 50.2 cm³/mol. The Labute approximate surface area is 87.1 Å². The van der Waals surface area contributed by atoms with Gasteiger partial charge in [-0.2, -0.15) is 8.78 Å². The van der Waals surface area contributed by atoms with Crippen molar-refractivity contribution in [3.63, 3.8) is 0 Å². The fourth-order valence-corrected chi connectivity index (χ4v) is 1.35. The van der Waals surface area contributed by atoms with E-state index in [2.05, 4.69) is 25.8 Å². The van der Waals surface area contributed by atoms with E-state index in [0.717, 1.165) is 6.21 Å². The molecule has 0 aliphatic carbocycles. The number of ether oxygens (including phenoxy) is 1. The largest absolute Gasteiger partial charge is 0.434 e. The standard InChI is InChI=1S/C8H6BrF2NO2/c9-6-2-1-3-7(14-8(10)11)5(6)4-12-13/h1-4,8,13H/b12-4+. The summed E-state index contributed by atoms with van der Waals surface area (Å²) < 4.78 is 28.6. The summed E-state index contributed by atoms with van der Waals surface area (Å²) in [5.41, 5.74) is 0.260. The molecule has 0 amide bonds. The van der Waals surface area contributed by atoms with Crippen molar-refractivity contribution < 1.29 is 18.7 Å². The summed E-state index contributed by atoms with van der Waals surface area (Å²) in [7, 11) is 0. The Morgan fingerprint density at radius 3 is 2.79 bits per heavy atom. The smallest absolute Gasteiger partial charge is 0.387 e. The molecular weight excluding hydrogens is 260 g/mol. The quantitative estimate of drug-likeness (QED) is 0.519. The van der Waals surface area contributed by atoms with Crippen molar-refractivity contribution in [1.82, 2.24) is 0 Å². The maximum Gasteiger partial charge on any atom is 0.387 e. The number of alkyl halides is 2. The summed E-state index contributed by atoms with van der Waals surface area (Å²) in [5, 5.41) is 11.1. The van der Waals surface area contributed by atoms with Gasteiger partial charge in [0.25, 0.3) is 0 Å². The van der Waals surface area contributed by atoms with Gasteiger partial charge < -0.3 is 9.94 Å². The predicted octanol–water partition coefficient (Wildman–Crippen LogP) is 2.86. The second-order valence-electron chi connectivity index (χ2n) is 2.27. The summed E-state index contributed by atoms with van der Waals surface area (Å²) in [6, 6.07) is 4.51. The SMILES string of the molecule is O/N=C/c1c(Br)cccc1OC(F)F. The topological polar surface area (TPSA) is 41.8 Å². The minimum atomic E-state index is -2.91. The van der Waals surface area contributed by atoms with Crippen LogP contribution in [0.4, 0.5) is 8.78 Å². The fraction of sp³-hybridized carbons (Fsp3) is 0.125. The van der Waals surface area contributed by atoms with Crippen molar-refractivity contribution in [1.29, 1.82) is 0 Å². The first-order chi connectivity index (χ1) is 6.65. The Kier molecular flexibility index (Phi) is 3.82. The van der Waals surface area contributed by atoms with Crippen LogP contribution in [0.2, 0.25) is 0 Å². The Morgan fingerprint density at radius 1 is 1.50 bits per heavy atom. The average Bonchev–Trinajstić information content (AvgIpc) is 2.10. The van der Waals surface area contributed by atoms with E-state index in [1.165, 1.54) is 12.1 Å². The summed E-state index contributed by atoms with van der Waals surface area (Å²) in [4.78, 5) is 0. The van der Waals surface area contributed by atoms with Crippen LogP contribution in [0.25, 0.3) is 0 Å². The molecule has 0 unspecified atom stereocenters. The van der Waals surface area contributed by atoms with Crippen LogP contribution in [0.3, 0.4) is 0 Å². The van der Waals surface area contributed by atoms with Gasteiger partial charge in [-0.3, -0.25) is 0 Å². The van der Waals surface area contributed by atoms with Crippen molar-refractivity contribution in [2.24, 2.45) is 5.16 Å². The van der Waals surface area contributed by atoms with Crippen LogP contribution >= 0.6 is 15.9 Å². The van der Waals surface area contributed by atoms with Crippen LogP contribution in [-0.4, -0.2) is 18.0 Å². The fourth-order valence-electron chi connectivity index (χ4n) is 0.899. The van der Waals surface area contributed by atoms with Gasteiger partial charge in [-0.1, -0.05) is 11.2 Å². The van der Waals surface area contributed by atoms with Gasteiger partial charge in [-0.25, -0.2) is 0 Å². The number of oxime groups is 1. The van der Waals surface area contributed by atoms with Gasteiger partial charge in [0, 0.05) is 4.47 Å². The second-order valence-corrected chi connectivity index (χ2v) is 3.13. The molecule has 0 saturated heterocycles. The molecule has 0 aliphatic rings. The zero-order chi connectivity index (χ0) is 10.6. The van der Waals surface area contributed by atoms with E-state index in [-0.39, 0.29) is 11.3 Å². The van der Waals surface area contributed by atoms with E-state index in [1.807, 2.05) is 0 Å². The molecule has 0 bridgehead atoms. The molecule has 1 aromatic rings. The highest BCUT2D eigenvalue weighted by atomic mass is 79.9. The number of benzene rings is 1. The minimum Gasteiger partial charge on any atom is -0.434 e. The summed E-state index contributed by atoms with van der Waals surface area (Å²) in [6.07, 6.45) is 1.02. The first kappa shape index (κ1) is 10.9. The van der Waals surface area contributed by atoms with Gasteiger partial charge in [0.05, 0.1) is 11.8 Å². The zero-order valence-electron chi connectivity index (χ0n) is 6.82. The lowest BCUT2D eigenvalue weighted by Gasteiger charge is -2.08. The molecule has 0 aromatic heterocycles. The van der Waals surface area contributed by atoms with E-state index < -0.39 is 6.61 Å². The number of nitrogens with zero attached hydrogens (tertiary/aromatic N) is 1. The molecule has 1 aromatic carbocycles. The lowest BCUT2D eigenvalue weighted by atomic mass is 10.2. The van der Waals surface area contributed by atoms with E-state index >= 15 is 0 Å². The van der Waals surface area contributed by atoms with Crippen LogP contribution in [0.5, 0.6) is 5.75 Å². The molecule has 0 fully saturated rings. The molecule has 0 spiro atoms. The summed E-state index contributed by atoms with van der Waals surface area (Å²) in [5.74, 6) is -0.0489. The lowest BCUT2D eigenvalue weighted by molar-refractivity contribution is -0.0499. The molecule has 0 aliphatic heterocycles. The monoisotopic (exact) mass is 265 g/mol. The van der Waals surface area contributed by atoms with Crippen LogP contribution in [0.1, 0.15) is 5.56 Å². The molecule has 1 N–H and O–H groups in total. The van der Waals surface area contributed by atoms with Crippen LogP contribution in [0, 0.1) is 0 Å². The Hall–Kier alpha value is -1.17. The van der Waals surface area contributed by atoms with Gasteiger partial charge in [0.2, 0.25) is 0 Å². The molecule has 76 valence electrons. The number of halogens is 3. The average molecular weight is 266 g/mol. The van der Waals surface area contributed by atoms with Crippen molar-refractivity contribution in [3.8, 4) is 5.75 Å². The maximum atomic E-state index is 11.9.